The predicted molar refractivity (Wildman–Crippen MR) is 65.2 cm³/mol. The minimum atomic E-state index is 0.266. The van der Waals surface area contributed by atoms with Crippen LogP contribution in [0.1, 0.15) is 39.2 Å². The van der Waals surface area contributed by atoms with Gasteiger partial charge in [-0.25, -0.2) is 0 Å². The van der Waals surface area contributed by atoms with Gasteiger partial charge in [0.2, 0.25) is 0 Å². The summed E-state index contributed by atoms with van der Waals surface area (Å²) >= 11 is 0. The number of furan rings is 1. The van der Waals surface area contributed by atoms with Crippen molar-refractivity contribution < 1.29 is 9.15 Å². The zero-order chi connectivity index (χ0) is 12.0. The number of ether oxygens (including phenoxy) is 1. The maximum Gasteiger partial charge on any atom is 0.129 e. The van der Waals surface area contributed by atoms with E-state index in [0.29, 0.717) is 12.5 Å². The first-order chi connectivity index (χ1) is 7.63. The molecule has 1 unspecified atom stereocenters. The van der Waals surface area contributed by atoms with Crippen LogP contribution in [0.25, 0.3) is 0 Å². The Morgan fingerprint density at radius 1 is 1.25 bits per heavy atom. The SMILES string of the molecule is CCNCc1ccc(COC(C)C(C)C)o1. The number of rotatable bonds is 7. The largest absolute Gasteiger partial charge is 0.462 e. The molecule has 0 amide bonds. The summed E-state index contributed by atoms with van der Waals surface area (Å²) in [5, 5.41) is 3.23. The quantitative estimate of drug-likeness (QED) is 0.774. The standard InChI is InChI=1S/C13H23NO2/c1-5-14-8-12-6-7-13(16-12)9-15-11(4)10(2)3/h6-7,10-11,14H,5,8-9H2,1-4H3. The first-order valence-corrected chi connectivity index (χ1v) is 6.03. The second kappa shape index (κ2) is 6.71. The summed E-state index contributed by atoms with van der Waals surface area (Å²) in [6.07, 6.45) is 0.266. The summed E-state index contributed by atoms with van der Waals surface area (Å²) in [5.41, 5.74) is 0. The van der Waals surface area contributed by atoms with E-state index in [1.807, 2.05) is 12.1 Å². The smallest absolute Gasteiger partial charge is 0.129 e. The van der Waals surface area contributed by atoms with Crippen molar-refractivity contribution in [2.45, 2.75) is 47.0 Å². The van der Waals surface area contributed by atoms with Gasteiger partial charge in [0.05, 0.1) is 12.6 Å². The molecule has 1 aromatic rings. The minimum Gasteiger partial charge on any atom is -0.462 e. The highest BCUT2D eigenvalue weighted by Crippen LogP contribution is 2.12. The van der Waals surface area contributed by atoms with Crippen LogP contribution in [0.2, 0.25) is 0 Å². The van der Waals surface area contributed by atoms with Crippen LogP contribution in [0.4, 0.5) is 0 Å². The van der Waals surface area contributed by atoms with Gasteiger partial charge in [-0.2, -0.15) is 0 Å². The van der Waals surface area contributed by atoms with Gasteiger partial charge in [-0.1, -0.05) is 20.8 Å². The molecule has 16 heavy (non-hydrogen) atoms. The molecule has 0 bridgehead atoms. The first-order valence-electron chi connectivity index (χ1n) is 6.03. The summed E-state index contributed by atoms with van der Waals surface area (Å²) < 4.78 is 11.3. The molecule has 0 aliphatic rings. The monoisotopic (exact) mass is 225 g/mol. The van der Waals surface area contributed by atoms with E-state index in [2.05, 4.69) is 33.0 Å². The lowest BCUT2D eigenvalue weighted by Gasteiger charge is -2.15. The predicted octanol–water partition coefficient (Wildman–Crippen LogP) is 2.95. The lowest BCUT2D eigenvalue weighted by Crippen LogP contribution is -2.14. The van der Waals surface area contributed by atoms with Gasteiger partial charge in [0, 0.05) is 0 Å². The van der Waals surface area contributed by atoms with E-state index in [4.69, 9.17) is 9.15 Å². The van der Waals surface area contributed by atoms with Gasteiger partial charge in [-0.15, -0.1) is 0 Å². The van der Waals surface area contributed by atoms with Crippen molar-refractivity contribution in [1.82, 2.24) is 5.32 Å². The summed E-state index contributed by atoms with van der Waals surface area (Å²) in [6.45, 7) is 10.8. The third kappa shape index (κ3) is 4.37. The molecule has 3 nitrogen and oxygen atoms in total. The molecule has 3 heteroatoms. The summed E-state index contributed by atoms with van der Waals surface area (Å²) in [5.74, 6) is 2.41. The molecule has 92 valence electrons. The molecule has 1 N–H and O–H groups in total. The van der Waals surface area contributed by atoms with Gasteiger partial charge in [0.15, 0.2) is 0 Å². The van der Waals surface area contributed by atoms with Gasteiger partial charge in [0.25, 0.3) is 0 Å². The van der Waals surface area contributed by atoms with Crippen molar-refractivity contribution in [3.8, 4) is 0 Å². The molecule has 0 fully saturated rings. The van der Waals surface area contributed by atoms with Crippen LogP contribution in [0, 0.1) is 5.92 Å². The van der Waals surface area contributed by atoms with Gasteiger partial charge >= 0.3 is 0 Å². The molecular weight excluding hydrogens is 202 g/mol. The molecule has 1 heterocycles. The molecule has 0 radical (unpaired) electrons. The second-order valence-corrected chi connectivity index (χ2v) is 4.41. The fourth-order valence-corrected chi connectivity index (χ4v) is 1.25. The molecule has 0 saturated heterocycles. The van der Waals surface area contributed by atoms with E-state index in [9.17, 15) is 0 Å². The average molecular weight is 225 g/mol. The number of hydrogen-bond donors (Lipinski definition) is 1. The van der Waals surface area contributed by atoms with Gasteiger partial charge in [0.1, 0.15) is 18.1 Å². The Kier molecular flexibility index (Phi) is 5.56. The Morgan fingerprint density at radius 3 is 2.56 bits per heavy atom. The maximum atomic E-state index is 5.69. The Bertz CT molecular complexity index is 294. The van der Waals surface area contributed by atoms with E-state index < -0.39 is 0 Å². The fourth-order valence-electron chi connectivity index (χ4n) is 1.25. The van der Waals surface area contributed by atoms with Crippen molar-refractivity contribution in [3.05, 3.63) is 23.7 Å². The topological polar surface area (TPSA) is 34.4 Å². The molecule has 1 rings (SSSR count). The van der Waals surface area contributed by atoms with Crippen molar-refractivity contribution >= 4 is 0 Å². The van der Waals surface area contributed by atoms with Crippen LogP contribution in [-0.2, 0) is 17.9 Å². The highest BCUT2D eigenvalue weighted by molar-refractivity contribution is 5.06. The lowest BCUT2D eigenvalue weighted by atomic mass is 10.1. The van der Waals surface area contributed by atoms with Crippen LogP contribution in [-0.4, -0.2) is 12.6 Å². The van der Waals surface area contributed by atoms with Crippen LogP contribution >= 0.6 is 0 Å². The maximum absolute atomic E-state index is 5.69. The molecular formula is C13H23NO2. The summed E-state index contributed by atoms with van der Waals surface area (Å²) in [7, 11) is 0. The average Bonchev–Trinajstić information content (AvgIpc) is 2.70. The van der Waals surface area contributed by atoms with E-state index in [0.717, 1.165) is 24.6 Å². The van der Waals surface area contributed by atoms with Crippen molar-refractivity contribution in [1.29, 1.82) is 0 Å². The van der Waals surface area contributed by atoms with Crippen LogP contribution in [0.15, 0.2) is 16.5 Å². The Labute approximate surface area is 98.2 Å². The van der Waals surface area contributed by atoms with E-state index in [1.54, 1.807) is 0 Å². The molecule has 0 saturated carbocycles. The lowest BCUT2D eigenvalue weighted by molar-refractivity contribution is 0.0145. The molecule has 0 aliphatic carbocycles. The Balaban J connectivity index is 2.34. The summed E-state index contributed by atoms with van der Waals surface area (Å²) in [4.78, 5) is 0. The van der Waals surface area contributed by atoms with Crippen LogP contribution in [0.3, 0.4) is 0 Å². The third-order valence-corrected chi connectivity index (χ3v) is 2.69. The van der Waals surface area contributed by atoms with Crippen molar-refractivity contribution in [2.75, 3.05) is 6.54 Å². The zero-order valence-corrected chi connectivity index (χ0v) is 10.7. The van der Waals surface area contributed by atoms with E-state index in [1.165, 1.54) is 0 Å². The Hall–Kier alpha value is -0.800. The molecule has 0 aromatic carbocycles. The first kappa shape index (κ1) is 13.3. The number of hydrogen-bond acceptors (Lipinski definition) is 3. The van der Waals surface area contributed by atoms with E-state index >= 15 is 0 Å². The molecule has 0 aliphatic heterocycles. The highest BCUT2D eigenvalue weighted by Gasteiger charge is 2.09. The van der Waals surface area contributed by atoms with Gasteiger partial charge in [-0.3, -0.25) is 0 Å². The molecule has 1 atom stereocenters. The normalized spacial score (nSPS) is 13.3. The van der Waals surface area contributed by atoms with Gasteiger partial charge in [-0.05, 0) is 31.5 Å². The van der Waals surface area contributed by atoms with Crippen LogP contribution < -0.4 is 5.32 Å². The third-order valence-electron chi connectivity index (χ3n) is 2.69. The minimum absolute atomic E-state index is 0.266. The zero-order valence-electron chi connectivity index (χ0n) is 10.7. The highest BCUT2D eigenvalue weighted by atomic mass is 16.5. The summed E-state index contributed by atoms with van der Waals surface area (Å²) in [6, 6.07) is 3.99. The van der Waals surface area contributed by atoms with E-state index in [-0.39, 0.29) is 6.10 Å². The molecule has 1 aromatic heterocycles. The molecule has 0 spiro atoms. The number of nitrogens with one attached hydrogen (secondary N) is 1. The Morgan fingerprint density at radius 2 is 1.94 bits per heavy atom. The van der Waals surface area contributed by atoms with Crippen molar-refractivity contribution in [3.63, 3.8) is 0 Å². The second-order valence-electron chi connectivity index (χ2n) is 4.41. The van der Waals surface area contributed by atoms with Gasteiger partial charge < -0.3 is 14.5 Å². The van der Waals surface area contributed by atoms with Crippen LogP contribution in [0.5, 0.6) is 0 Å². The fraction of sp³-hybridized carbons (Fsp3) is 0.692. The van der Waals surface area contributed by atoms with Crippen molar-refractivity contribution in [2.24, 2.45) is 5.92 Å².